The van der Waals surface area contributed by atoms with Crippen LogP contribution >= 0.6 is 0 Å². The first-order valence-electron chi connectivity index (χ1n) is 8.04. The van der Waals surface area contributed by atoms with Crippen LogP contribution in [0, 0.1) is 0 Å². The fourth-order valence-corrected chi connectivity index (χ4v) is 2.60. The first-order valence-corrected chi connectivity index (χ1v) is 8.04. The van der Waals surface area contributed by atoms with Crippen LogP contribution in [0.5, 0.6) is 0 Å². The van der Waals surface area contributed by atoms with E-state index >= 15 is 0 Å². The topological polar surface area (TPSA) is 123 Å². The number of carbonyl (C=O) groups excluding carboxylic acids is 1. The Bertz CT molecular complexity index is 867. The molecule has 130 valence electrons. The Morgan fingerprint density at radius 3 is 2.64 bits per heavy atom. The maximum Gasteiger partial charge on any atom is 0.286 e. The molecule has 1 saturated heterocycles. The number of fused-ring (bicyclic) bond motifs is 1. The Kier molecular flexibility index (Phi) is 5.03. The highest BCUT2D eigenvalue weighted by molar-refractivity contribution is 5.89. The highest BCUT2D eigenvalue weighted by Crippen LogP contribution is 2.14. The molecule has 3 aliphatic rings. The van der Waals surface area contributed by atoms with E-state index in [2.05, 4.69) is 20.1 Å². The number of piperidine rings is 1. The van der Waals surface area contributed by atoms with E-state index in [0.29, 0.717) is 0 Å². The number of aromatic nitrogens is 5. The van der Waals surface area contributed by atoms with Gasteiger partial charge >= 0.3 is 0 Å². The number of nitrogens with one attached hydrogen (secondary N) is 1. The smallest absolute Gasteiger partial charge is 0.286 e. The third kappa shape index (κ3) is 4.00. The largest absolute Gasteiger partial charge is 0.363 e. The molecule has 3 aliphatic heterocycles. The first-order chi connectivity index (χ1) is 12.1. The highest BCUT2D eigenvalue weighted by Gasteiger charge is 2.11. The second-order valence-corrected chi connectivity index (χ2v) is 5.61. The Hall–Kier alpha value is -3.23. The van der Waals surface area contributed by atoms with Gasteiger partial charge in [-0.3, -0.25) is 19.6 Å². The van der Waals surface area contributed by atoms with Crippen LogP contribution in [0.3, 0.4) is 0 Å². The molecule has 4 rings (SSSR count). The highest BCUT2D eigenvalue weighted by atomic mass is 16.1. The van der Waals surface area contributed by atoms with Gasteiger partial charge in [-0.25, -0.2) is 4.98 Å². The molecule has 0 unspecified atom stereocenters. The van der Waals surface area contributed by atoms with Crippen LogP contribution in [-0.4, -0.2) is 43.8 Å². The summed E-state index contributed by atoms with van der Waals surface area (Å²) in [6.45, 7) is 1.88. The third-order valence-corrected chi connectivity index (χ3v) is 3.83. The average Bonchev–Trinajstić information content (AvgIpc) is 3.11. The summed E-state index contributed by atoms with van der Waals surface area (Å²) in [5, 5.41) is 6.04. The third-order valence-electron chi connectivity index (χ3n) is 3.83. The standard InChI is InChI=1S/C9H13N3O.C7H6N4O/c13-9-5-4-6-10-12(9)11-7-2-1-3-8-11;8-6(12)7-10-3-5-4(11-7)1-2-9-5/h4-6H,1-3,7-8H2;1-3H,(H2,8,12)(H,10,11). The van der Waals surface area contributed by atoms with Crippen molar-refractivity contribution < 1.29 is 4.79 Å². The Balaban J connectivity index is 0.000000146. The molecular formula is C16H19N7O2. The van der Waals surface area contributed by atoms with Gasteiger partial charge in [-0.15, -0.1) is 4.79 Å². The normalized spacial score (nSPS) is 14.0. The number of H-pyrrole nitrogens is 1. The van der Waals surface area contributed by atoms with Gasteiger partial charge in [0.05, 0.1) is 11.9 Å². The monoisotopic (exact) mass is 341 g/mol. The first kappa shape index (κ1) is 16.6. The lowest BCUT2D eigenvalue weighted by molar-refractivity contribution is 0.0990. The van der Waals surface area contributed by atoms with Crippen molar-refractivity contribution in [3.05, 3.63) is 53.0 Å². The molecule has 1 amide bonds. The summed E-state index contributed by atoms with van der Waals surface area (Å²) in [4.78, 5) is 34.0. The van der Waals surface area contributed by atoms with Crippen LogP contribution in [0.15, 0.2) is 41.6 Å². The number of hydrogen-bond donors (Lipinski definition) is 2. The Labute approximate surface area is 143 Å². The molecule has 1 aromatic rings. The van der Waals surface area contributed by atoms with Crippen molar-refractivity contribution in [2.75, 3.05) is 18.1 Å². The minimum Gasteiger partial charge on any atom is -0.363 e. The summed E-state index contributed by atoms with van der Waals surface area (Å²) in [6, 6.07) is 4.97. The van der Waals surface area contributed by atoms with E-state index in [4.69, 9.17) is 5.73 Å². The van der Waals surface area contributed by atoms with E-state index in [1.54, 1.807) is 30.6 Å². The van der Waals surface area contributed by atoms with E-state index in [1.807, 2.05) is 5.01 Å². The van der Waals surface area contributed by atoms with Crippen molar-refractivity contribution in [2.45, 2.75) is 19.3 Å². The van der Waals surface area contributed by atoms with E-state index in [-0.39, 0.29) is 11.4 Å². The number of hydrogen-bond acceptors (Lipinski definition) is 6. The summed E-state index contributed by atoms with van der Waals surface area (Å²) < 4.78 is 0. The molecule has 4 heterocycles. The number of aromatic amines is 1. The van der Waals surface area contributed by atoms with Gasteiger partial charge in [0.15, 0.2) is 5.82 Å². The summed E-state index contributed by atoms with van der Waals surface area (Å²) in [6.07, 6.45) is 8.36. The molecule has 0 radical (unpaired) electrons. The van der Waals surface area contributed by atoms with Gasteiger partial charge < -0.3 is 10.7 Å². The Morgan fingerprint density at radius 2 is 1.92 bits per heavy atom. The van der Waals surface area contributed by atoms with Crippen molar-refractivity contribution in [1.82, 2.24) is 24.8 Å². The van der Waals surface area contributed by atoms with Crippen LogP contribution in [0.25, 0.3) is 11.4 Å². The van der Waals surface area contributed by atoms with E-state index in [9.17, 15) is 9.59 Å². The molecule has 0 atom stereocenters. The average molecular weight is 341 g/mol. The van der Waals surface area contributed by atoms with Crippen molar-refractivity contribution in [1.29, 1.82) is 0 Å². The lowest BCUT2D eigenvalue weighted by Crippen LogP contribution is -2.46. The molecule has 25 heavy (non-hydrogen) atoms. The molecule has 3 N–H and O–H groups in total. The molecular weight excluding hydrogens is 322 g/mol. The fourth-order valence-electron chi connectivity index (χ4n) is 2.60. The Morgan fingerprint density at radius 1 is 1.12 bits per heavy atom. The number of amides is 1. The lowest BCUT2D eigenvalue weighted by Gasteiger charge is -2.28. The zero-order chi connectivity index (χ0) is 17.6. The van der Waals surface area contributed by atoms with Crippen molar-refractivity contribution in [3.63, 3.8) is 0 Å². The summed E-state index contributed by atoms with van der Waals surface area (Å²) >= 11 is 0. The minimum atomic E-state index is -0.571. The SMILES string of the molecule is NC(=O)c1ncc2nccc-2[nH]1.O=c1cccnn1N1CCCCC1. The van der Waals surface area contributed by atoms with Gasteiger partial charge in [-0.05, 0) is 31.4 Å². The van der Waals surface area contributed by atoms with Crippen LogP contribution in [0.1, 0.15) is 29.9 Å². The maximum absolute atomic E-state index is 11.4. The van der Waals surface area contributed by atoms with E-state index in [1.165, 1.54) is 17.4 Å². The molecule has 0 spiro atoms. The van der Waals surface area contributed by atoms with Crippen molar-refractivity contribution in [2.24, 2.45) is 5.73 Å². The van der Waals surface area contributed by atoms with Gasteiger partial charge in [0.1, 0.15) is 5.69 Å². The van der Waals surface area contributed by atoms with E-state index in [0.717, 1.165) is 37.3 Å². The predicted octanol–water partition coefficient (Wildman–Crippen LogP) is 0.374. The van der Waals surface area contributed by atoms with Crippen LogP contribution in [0.2, 0.25) is 0 Å². The molecule has 9 heteroatoms. The van der Waals surface area contributed by atoms with Crippen LogP contribution in [-0.2, 0) is 0 Å². The van der Waals surface area contributed by atoms with Gasteiger partial charge in [0.25, 0.3) is 11.5 Å². The van der Waals surface area contributed by atoms with Gasteiger partial charge in [-0.2, -0.15) is 5.10 Å². The lowest BCUT2D eigenvalue weighted by atomic mass is 10.2. The molecule has 0 bridgehead atoms. The van der Waals surface area contributed by atoms with Gasteiger partial charge in [0.2, 0.25) is 0 Å². The van der Waals surface area contributed by atoms with Crippen LogP contribution in [0.4, 0.5) is 0 Å². The van der Waals surface area contributed by atoms with Gasteiger partial charge in [-0.1, -0.05) is 0 Å². The number of carbonyl (C=O) groups is 1. The van der Waals surface area contributed by atoms with E-state index < -0.39 is 5.91 Å². The van der Waals surface area contributed by atoms with Crippen molar-refractivity contribution >= 4 is 5.91 Å². The molecule has 0 aliphatic carbocycles. The molecule has 0 aromatic carbocycles. The second kappa shape index (κ2) is 7.56. The maximum atomic E-state index is 11.4. The molecule has 1 aromatic heterocycles. The predicted molar refractivity (Wildman–Crippen MR) is 91.8 cm³/mol. The minimum absolute atomic E-state index is 0.0376. The molecule has 9 nitrogen and oxygen atoms in total. The molecule has 0 saturated carbocycles. The summed E-state index contributed by atoms with van der Waals surface area (Å²) in [5.41, 5.74) is 6.47. The second-order valence-electron chi connectivity index (χ2n) is 5.61. The number of nitrogens with zero attached hydrogens (tertiary/aromatic N) is 5. The summed E-state index contributed by atoms with van der Waals surface area (Å²) in [7, 11) is 0. The zero-order valence-corrected chi connectivity index (χ0v) is 13.6. The number of rotatable bonds is 2. The van der Waals surface area contributed by atoms with Gasteiger partial charge in [0, 0.05) is 31.5 Å². The van der Waals surface area contributed by atoms with Crippen molar-refractivity contribution in [3.8, 4) is 11.4 Å². The number of primary amides is 1. The zero-order valence-electron chi connectivity index (χ0n) is 13.6. The quantitative estimate of drug-likeness (QED) is 0.694. The molecule has 1 fully saturated rings. The number of nitrogens with two attached hydrogens (primary N) is 1. The summed E-state index contributed by atoms with van der Waals surface area (Å²) in [5.74, 6) is -0.423. The van der Waals surface area contributed by atoms with Crippen LogP contribution < -0.4 is 16.3 Å². The fraction of sp³-hybridized carbons (Fsp3) is 0.312.